The summed E-state index contributed by atoms with van der Waals surface area (Å²) in [5.74, 6) is 0.168. The Morgan fingerprint density at radius 1 is 1.35 bits per heavy atom. The molecule has 2 aromatic rings. The molecule has 5 heteroatoms. The van der Waals surface area contributed by atoms with E-state index in [0.29, 0.717) is 22.9 Å². The summed E-state index contributed by atoms with van der Waals surface area (Å²) in [4.78, 5) is 16.3. The molecule has 1 heterocycles. The van der Waals surface area contributed by atoms with Gasteiger partial charge in [0, 0.05) is 22.8 Å². The topological polar surface area (TPSA) is 68.0 Å². The first kappa shape index (κ1) is 14.3. The van der Waals surface area contributed by atoms with Crippen molar-refractivity contribution in [2.75, 3.05) is 5.73 Å². The second kappa shape index (κ2) is 6.39. The molecule has 3 N–H and O–H groups in total. The van der Waals surface area contributed by atoms with Crippen LogP contribution >= 0.6 is 11.6 Å². The number of aromatic nitrogens is 1. The highest BCUT2D eigenvalue weighted by Crippen LogP contribution is 2.15. The van der Waals surface area contributed by atoms with Gasteiger partial charge in [-0.15, -0.1) is 0 Å². The third kappa shape index (κ3) is 3.48. The number of nitrogens with two attached hydrogens (primary N) is 1. The van der Waals surface area contributed by atoms with E-state index >= 15 is 0 Å². The second-order valence-corrected chi connectivity index (χ2v) is 4.81. The molecule has 0 aliphatic heterocycles. The normalized spacial score (nSPS) is 10.3. The fraction of sp³-hybridized carbons (Fsp3) is 0.200. The number of pyridine rings is 1. The Morgan fingerprint density at radius 3 is 2.80 bits per heavy atom. The highest BCUT2D eigenvalue weighted by atomic mass is 35.5. The van der Waals surface area contributed by atoms with Crippen LogP contribution in [0, 0.1) is 0 Å². The molecule has 0 atom stereocenters. The Bertz CT molecular complexity index is 628. The lowest BCUT2D eigenvalue weighted by Crippen LogP contribution is -2.23. The number of hydrogen-bond acceptors (Lipinski definition) is 3. The van der Waals surface area contributed by atoms with Crippen molar-refractivity contribution in [3.63, 3.8) is 0 Å². The molecule has 0 spiro atoms. The molecule has 0 fully saturated rings. The van der Waals surface area contributed by atoms with Crippen LogP contribution in [0.5, 0.6) is 0 Å². The lowest BCUT2D eigenvalue weighted by Gasteiger charge is -2.08. The van der Waals surface area contributed by atoms with Gasteiger partial charge in [-0.25, -0.2) is 4.98 Å². The number of nitrogens with zero attached hydrogens (tertiary/aromatic N) is 1. The van der Waals surface area contributed by atoms with Crippen molar-refractivity contribution in [2.24, 2.45) is 0 Å². The monoisotopic (exact) mass is 289 g/mol. The summed E-state index contributed by atoms with van der Waals surface area (Å²) >= 11 is 6.05. The standard InChI is InChI=1S/C15H16ClN3O/c1-2-12-7-11(8-14(17)19-12)15(20)18-9-10-5-3-4-6-13(10)16/h3-8H,2,9H2,1H3,(H2,17,19)(H,18,20). The lowest BCUT2D eigenvalue weighted by atomic mass is 10.1. The van der Waals surface area contributed by atoms with Gasteiger partial charge in [0.25, 0.3) is 5.91 Å². The number of anilines is 1. The minimum atomic E-state index is -0.186. The molecule has 0 saturated carbocycles. The number of benzene rings is 1. The number of aryl methyl sites for hydroxylation is 1. The van der Waals surface area contributed by atoms with Gasteiger partial charge in [0.15, 0.2) is 0 Å². The predicted octanol–water partition coefficient (Wildman–Crippen LogP) is 2.81. The first-order valence-corrected chi connectivity index (χ1v) is 6.76. The van der Waals surface area contributed by atoms with E-state index in [2.05, 4.69) is 10.3 Å². The molecule has 20 heavy (non-hydrogen) atoms. The van der Waals surface area contributed by atoms with Crippen LogP contribution in [-0.4, -0.2) is 10.9 Å². The molecule has 0 unspecified atom stereocenters. The van der Waals surface area contributed by atoms with Crippen molar-refractivity contribution in [3.8, 4) is 0 Å². The van der Waals surface area contributed by atoms with E-state index in [1.54, 1.807) is 18.2 Å². The highest BCUT2D eigenvalue weighted by molar-refractivity contribution is 6.31. The van der Waals surface area contributed by atoms with Crippen LogP contribution in [0.3, 0.4) is 0 Å². The maximum atomic E-state index is 12.1. The van der Waals surface area contributed by atoms with E-state index in [9.17, 15) is 4.79 Å². The van der Waals surface area contributed by atoms with Gasteiger partial charge in [0.05, 0.1) is 0 Å². The number of hydrogen-bond donors (Lipinski definition) is 2. The summed E-state index contributed by atoms with van der Waals surface area (Å²) in [6.45, 7) is 2.34. The summed E-state index contributed by atoms with van der Waals surface area (Å²) < 4.78 is 0. The number of halogens is 1. The Hall–Kier alpha value is -2.07. The van der Waals surface area contributed by atoms with E-state index in [-0.39, 0.29) is 5.91 Å². The molecule has 0 radical (unpaired) electrons. The number of rotatable bonds is 4. The zero-order valence-corrected chi connectivity index (χ0v) is 11.9. The van der Waals surface area contributed by atoms with E-state index < -0.39 is 0 Å². The Morgan fingerprint density at radius 2 is 2.10 bits per heavy atom. The first-order valence-electron chi connectivity index (χ1n) is 6.38. The van der Waals surface area contributed by atoms with Gasteiger partial charge in [-0.1, -0.05) is 36.7 Å². The van der Waals surface area contributed by atoms with Crippen LogP contribution in [0.1, 0.15) is 28.5 Å². The maximum Gasteiger partial charge on any atom is 0.251 e. The summed E-state index contributed by atoms with van der Waals surface area (Å²) in [6, 6.07) is 10.7. The average molecular weight is 290 g/mol. The van der Waals surface area contributed by atoms with Gasteiger partial charge in [0.2, 0.25) is 0 Å². The minimum Gasteiger partial charge on any atom is -0.384 e. The van der Waals surface area contributed by atoms with Crippen molar-refractivity contribution < 1.29 is 4.79 Å². The van der Waals surface area contributed by atoms with Gasteiger partial charge in [0.1, 0.15) is 5.82 Å². The quantitative estimate of drug-likeness (QED) is 0.909. The van der Waals surface area contributed by atoms with Crippen molar-refractivity contribution in [2.45, 2.75) is 19.9 Å². The van der Waals surface area contributed by atoms with Crippen molar-refractivity contribution in [1.29, 1.82) is 0 Å². The molecule has 104 valence electrons. The number of nitrogen functional groups attached to an aromatic ring is 1. The molecular weight excluding hydrogens is 274 g/mol. The largest absolute Gasteiger partial charge is 0.384 e. The molecular formula is C15H16ClN3O. The Labute approximate surface area is 123 Å². The predicted molar refractivity (Wildman–Crippen MR) is 80.6 cm³/mol. The third-order valence-corrected chi connectivity index (χ3v) is 3.29. The summed E-state index contributed by atoms with van der Waals surface area (Å²) in [5, 5.41) is 3.46. The fourth-order valence-electron chi connectivity index (χ4n) is 1.84. The summed E-state index contributed by atoms with van der Waals surface area (Å²) in [7, 11) is 0. The van der Waals surface area contributed by atoms with Gasteiger partial charge in [-0.2, -0.15) is 0 Å². The van der Waals surface area contributed by atoms with Crippen LogP contribution in [0.4, 0.5) is 5.82 Å². The van der Waals surface area contributed by atoms with Crippen LogP contribution < -0.4 is 11.1 Å². The van der Waals surface area contributed by atoms with Crippen LogP contribution in [0.2, 0.25) is 5.02 Å². The molecule has 0 aliphatic rings. The smallest absolute Gasteiger partial charge is 0.251 e. The molecule has 2 rings (SSSR count). The molecule has 0 bridgehead atoms. The molecule has 0 saturated heterocycles. The fourth-order valence-corrected chi connectivity index (χ4v) is 2.04. The van der Waals surface area contributed by atoms with Gasteiger partial charge in [-0.05, 0) is 30.2 Å². The van der Waals surface area contributed by atoms with E-state index in [1.807, 2.05) is 25.1 Å². The Balaban J connectivity index is 2.09. The van der Waals surface area contributed by atoms with Crippen LogP contribution in [0.15, 0.2) is 36.4 Å². The van der Waals surface area contributed by atoms with Crippen molar-refractivity contribution >= 4 is 23.3 Å². The van der Waals surface area contributed by atoms with E-state index in [1.165, 1.54) is 0 Å². The van der Waals surface area contributed by atoms with Gasteiger partial charge in [-0.3, -0.25) is 4.79 Å². The maximum absolute atomic E-state index is 12.1. The van der Waals surface area contributed by atoms with Gasteiger partial charge < -0.3 is 11.1 Å². The first-order chi connectivity index (χ1) is 9.60. The Kier molecular flexibility index (Phi) is 4.58. The molecule has 4 nitrogen and oxygen atoms in total. The van der Waals surface area contributed by atoms with E-state index in [0.717, 1.165) is 17.7 Å². The molecule has 0 aliphatic carbocycles. The molecule has 1 aromatic heterocycles. The van der Waals surface area contributed by atoms with Crippen LogP contribution in [0.25, 0.3) is 0 Å². The SMILES string of the molecule is CCc1cc(C(=O)NCc2ccccc2Cl)cc(N)n1. The zero-order valence-electron chi connectivity index (χ0n) is 11.2. The van der Waals surface area contributed by atoms with E-state index in [4.69, 9.17) is 17.3 Å². The minimum absolute atomic E-state index is 0.186. The van der Waals surface area contributed by atoms with Crippen molar-refractivity contribution in [1.82, 2.24) is 10.3 Å². The zero-order chi connectivity index (χ0) is 14.5. The number of carbonyl (C=O) groups excluding carboxylic acids is 1. The van der Waals surface area contributed by atoms with Crippen molar-refractivity contribution in [3.05, 3.63) is 58.2 Å². The number of amides is 1. The molecule has 1 amide bonds. The summed E-state index contributed by atoms with van der Waals surface area (Å²) in [5.41, 5.74) is 7.88. The average Bonchev–Trinajstić information content (AvgIpc) is 2.45. The summed E-state index contributed by atoms with van der Waals surface area (Å²) in [6.07, 6.45) is 0.732. The lowest BCUT2D eigenvalue weighted by molar-refractivity contribution is 0.0950. The molecule has 1 aromatic carbocycles. The number of carbonyl (C=O) groups is 1. The van der Waals surface area contributed by atoms with Crippen LogP contribution in [-0.2, 0) is 13.0 Å². The third-order valence-electron chi connectivity index (χ3n) is 2.92. The highest BCUT2D eigenvalue weighted by Gasteiger charge is 2.09. The second-order valence-electron chi connectivity index (χ2n) is 4.40. The number of nitrogens with one attached hydrogen (secondary N) is 1. The van der Waals surface area contributed by atoms with Gasteiger partial charge >= 0.3 is 0 Å².